The lowest BCUT2D eigenvalue weighted by atomic mass is 9.82. The molecule has 2 aliphatic carbocycles. The van der Waals surface area contributed by atoms with Crippen LogP contribution in [-0.2, 0) is 10.8 Å². The Morgan fingerprint density at radius 1 is 0.375 bits per heavy atom. The second kappa shape index (κ2) is 12.1. The van der Waals surface area contributed by atoms with Crippen LogP contribution in [0.25, 0.3) is 64.7 Å². The van der Waals surface area contributed by atoms with Crippen molar-refractivity contribution in [3.8, 4) is 44.5 Å². The van der Waals surface area contributed by atoms with Crippen LogP contribution in [0.5, 0.6) is 0 Å². The molecule has 1 nitrogen and oxygen atoms in total. The predicted octanol–water partition coefficient (Wildman–Crippen LogP) is 15.5. The van der Waals surface area contributed by atoms with Gasteiger partial charge in [-0.05, 0) is 86.5 Å². The van der Waals surface area contributed by atoms with Gasteiger partial charge in [-0.1, -0.05) is 167 Å². The molecule has 0 saturated heterocycles. The number of hydrogen-bond donors (Lipinski definition) is 0. The quantitative estimate of drug-likeness (QED) is 0.170. The summed E-state index contributed by atoms with van der Waals surface area (Å²) in [4.78, 5) is 2.57. The molecule has 0 N–H and O–H groups in total. The zero-order valence-corrected chi connectivity index (χ0v) is 32.9. The van der Waals surface area contributed by atoms with Crippen molar-refractivity contribution in [3.63, 3.8) is 0 Å². The van der Waals surface area contributed by atoms with E-state index in [1.807, 2.05) is 11.3 Å². The molecule has 8 aromatic carbocycles. The van der Waals surface area contributed by atoms with Gasteiger partial charge in [0.15, 0.2) is 0 Å². The second-order valence-corrected chi connectivity index (χ2v) is 17.5. The molecule has 2 aliphatic rings. The lowest BCUT2D eigenvalue weighted by molar-refractivity contribution is 0.660. The van der Waals surface area contributed by atoms with Gasteiger partial charge < -0.3 is 4.90 Å². The van der Waals surface area contributed by atoms with Crippen LogP contribution in [0.1, 0.15) is 49.9 Å². The molecule has 0 bridgehead atoms. The molecule has 0 spiro atoms. The van der Waals surface area contributed by atoms with Crippen LogP contribution < -0.4 is 4.90 Å². The molecule has 0 radical (unpaired) electrons. The highest BCUT2D eigenvalue weighted by Gasteiger charge is 2.39. The topological polar surface area (TPSA) is 3.24 Å². The van der Waals surface area contributed by atoms with Crippen molar-refractivity contribution in [2.75, 3.05) is 4.90 Å². The van der Waals surface area contributed by atoms with E-state index in [9.17, 15) is 0 Å². The first-order chi connectivity index (χ1) is 27.3. The number of anilines is 3. The molecule has 268 valence electrons. The van der Waals surface area contributed by atoms with Gasteiger partial charge >= 0.3 is 0 Å². The van der Waals surface area contributed by atoms with Crippen molar-refractivity contribution in [1.29, 1.82) is 0 Å². The van der Waals surface area contributed by atoms with Crippen molar-refractivity contribution < 1.29 is 0 Å². The first-order valence-corrected chi connectivity index (χ1v) is 20.5. The lowest BCUT2D eigenvalue weighted by Crippen LogP contribution is -2.16. The highest BCUT2D eigenvalue weighted by atomic mass is 32.1. The SMILES string of the molecule is CC1(C)c2ccccc2-c2cc(-c3ccccc3N(c3ccccc3-c3cccc4sc5ccccc5c34)c3cccc4c3-c3ccccc3C4(C)C)ccc21. The average molecular weight is 736 g/mol. The van der Waals surface area contributed by atoms with Gasteiger partial charge in [-0.25, -0.2) is 0 Å². The van der Waals surface area contributed by atoms with E-state index in [2.05, 4.69) is 209 Å². The van der Waals surface area contributed by atoms with Crippen LogP contribution in [0.4, 0.5) is 17.1 Å². The predicted molar refractivity (Wildman–Crippen MR) is 240 cm³/mol. The number of nitrogens with zero attached hydrogens (tertiary/aromatic N) is 1. The molecule has 1 heterocycles. The number of fused-ring (bicyclic) bond motifs is 9. The Morgan fingerprint density at radius 3 is 1.70 bits per heavy atom. The molecular formula is C54H41NS. The summed E-state index contributed by atoms with van der Waals surface area (Å²) in [5, 5.41) is 2.63. The number of para-hydroxylation sites is 2. The third-order valence-electron chi connectivity index (χ3n) is 12.7. The molecule has 2 heteroatoms. The highest BCUT2D eigenvalue weighted by molar-refractivity contribution is 7.25. The lowest BCUT2D eigenvalue weighted by Gasteiger charge is -2.32. The summed E-state index contributed by atoms with van der Waals surface area (Å²) in [7, 11) is 0. The van der Waals surface area contributed by atoms with Crippen LogP contribution >= 0.6 is 11.3 Å². The Kier molecular flexibility index (Phi) is 7.18. The maximum atomic E-state index is 2.57. The molecule has 0 fully saturated rings. The molecule has 0 unspecified atom stereocenters. The molecular weight excluding hydrogens is 695 g/mol. The Bertz CT molecular complexity index is 3050. The third kappa shape index (κ3) is 4.66. The molecule has 9 aromatic rings. The van der Waals surface area contributed by atoms with E-state index in [0.29, 0.717) is 0 Å². The van der Waals surface area contributed by atoms with Gasteiger partial charge in [0.2, 0.25) is 0 Å². The molecule has 11 rings (SSSR count). The van der Waals surface area contributed by atoms with E-state index >= 15 is 0 Å². The summed E-state index contributed by atoms with van der Waals surface area (Å²) in [6.07, 6.45) is 0. The average Bonchev–Trinajstić information content (AvgIpc) is 3.81. The monoisotopic (exact) mass is 735 g/mol. The van der Waals surface area contributed by atoms with E-state index in [1.165, 1.54) is 92.6 Å². The first-order valence-electron chi connectivity index (χ1n) is 19.7. The van der Waals surface area contributed by atoms with Gasteiger partial charge in [0.1, 0.15) is 0 Å². The molecule has 0 atom stereocenters. The minimum Gasteiger partial charge on any atom is -0.309 e. The Labute approximate surface area is 333 Å². The fourth-order valence-electron chi connectivity index (χ4n) is 10.0. The molecule has 1 aromatic heterocycles. The maximum Gasteiger partial charge on any atom is 0.0543 e. The third-order valence-corrected chi connectivity index (χ3v) is 13.8. The zero-order chi connectivity index (χ0) is 37.8. The van der Waals surface area contributed by atoms with Crippen molar-refractivity contribution >= 4 is 48.6 Å². The van der Waals surface area contributed by atoms with E-state index in [1.54, 1.807) is 0 Å². The van der Waals surface area contributed by atoms with Crippen molar-refractivity contribution in [2.24, 2.45) is 0 Å². The highest BCUT2D eigenvalue weighted by Crippen LogP contribution is 2.57. The zero-order valence-electron chi connectivity index (χ0n) is 32.1. The number of thiophene rings is 1. The van der Waals surface area contributed by atoms with Gasteiger partial charge in [-0.3, -0.25) is 0 Å². The van der Waals surface area contributed by atoms with Crippen molar-refractivity contribution in [3.05, 3.63) is 198 Å². The molecule has 56 heavy (non-hydrogen) atoms. The van der Waals surface area contributed by atoms with Gasteiger partial charge in [0.05, 0.1) is 17.1 Å². The van der Waals surface area contributed by atoms with Crippen LogP contribution in [-0.4, -0.2) is 0 Å². The molecule has 0 aliphatic heterocycles. The summed E-state index contributed by atoms with van der Waals surface area (Å²) in [5.41, 5.74) is 19.0. The molecule has 0 amide bonds. The maximum absolute atomic E-state index is 2.57. The normalized spacial score (nSPS) is 14.4. The summed E-state index contributed by atoms with van der Waals surface area (Å²) >= 11 is 1.88. The van der Waals surface area contributed by atoms with Gasteiger partial charge in [-0.15, -0.1) is 11.3 Å². The molecule has 0 saturated carbocycles. The van der Waals surface area contributed by atoms with E-state index < -0.39 is 0 Å². The van der Waals surface area contributed by atoms with E-state index in [4.69, 9.17) is 0 Å². The van der Waals surface area contributed by atoms with Crippen LogP contribution in [0.3, 0.4) is 0 Å². The van der Waals surface area contributed by atoms with Gasteiger partial charge in [0, 0.05) is 47.7 Å². The minimum absolute atomic E-state index is 0.0490. The Hall–Kier alpha value is -6.22. The summed E-state index contributed by atoms with van der Waals surface area (Å²) < 4.78 is 2.62. The Balaban J connectivity index is 1.21. The van der Waals surface area contributed by atoms with Crippen LogP contribution in [0.2, 0.25) is 0 Å². The van der Waals surface area contributed by atoms with Crippen LogP contribution in [0.15, 0.2) is 176 Å². The minimum atomic E-state index is -0.131. The van der Waals surface area contributed by atoms with Gasteiger partial charge in [-0.2, -0.15) is 0 Å². The fourth-order valence-corrected chi connectivity index (χ4v) is 11.1. The number of hydrogen-bond acceptors (Lipinski definition) is 2. The fraction of sp³-hybridized carbons (Fsp3) is 0.111. The number of benzene rings is 8. The largest absolute Gasteiger partial charge is 0.309 e. The van der Waals surface area contributed by atoms with E-state index in [0.717, 1.165) is 11.4 Å². The summed E-state index contributed by atoms with van der Waals surface area (Å²) in [6, 6.07) is 65.8. The smallest absolute Gasteiger partial charge is 0.0543 e. The Morgan fingerprint density at radius 2 is 0.893 bits per heavy atom. The van der Waals surface area contributed by atoms with Gasteiger partial charge in [0.25, 0.3) is 0 Å². The summed E-state index contributed by atoms with van der Waals surface area (Å²) in [5.74, 6) is 0. The van der Waals surface area contributed by atoms with Crippen molar-refractivity contribution in [1.82, 2.24) is 0 Å². The number of rotatable bonds is 5. The van der Waals surface area contributed by atoms with Crippen LogP contribution in [0, 0.1) is 0 Å². The second-order valence-electron chi connectivity index (χ2n) is 16.4. The summed E-state index contributed by atoms with van der Waals surface area (Å²) in [6.45, 7) is 9.47. The van der Waals surface area contributed by atoms with E-state index in [-0.39, 0.29) is 10.8 Å². The van der Waals surface area contributed by atoms with Crippen molar-refractivity contribution in [2.45, 2.75) is 38.5 Å². The standard InChI is InChI=1S/C54H41NS/c1-53(2)42-23-10-5-18-36(42)41-33-34(31-32-44(41)53)35-17-7-12-26-46(35)55(48-28-16-25-45-52(48)39-20-6-11-24-43(39)54(45,3)4)47-27-13-8-19-37(47)38-22-15-30-50-51(38)40-21-9-14-29-49(40)56-50/h5-33H,1-4H3. The first kappa shape index (κ1) is 33.1.